The molecule has 1 aromatic carbocycles. The lowest BCUT2D eigenvalue weighted by Crippen LogP contribution is -2.12. The fourth-order valence-corrected chi connectivity index (χ4v) is 1.95. The van der Waals surface area contributed by atoms with E-state index < -0.39 is 0 Å². The van der Waals surface area contributed by atoms with Gasteiger partial charge in [0.25, 0.3) is 0 Å². The molecule has 0 fully saturated rings. The average Bonchev–Trinajstić information content (AvgIpc) is 2.53. The number of nitrogens with one attached hydrogen (secondary N) is 2. The first-order chi connectivity index (χ1) is 10.2. The molecule has 7 nitrogen and oxygen atoms in total. The number of anilines is 2. The van der Waals surface area contributed by atoms with Gasteiger partial charge in [-0.25, -0.2) is 15.8 Å². The molecule has 0 unspecified atom stereocenters. The van der Waals surface area contributed by atoms with Crippen molar-refractivity contribution in [2.45, 2.75) is 13.5 Å². The monoisotopic (exact) mass is 289 g/mol. The molecule has 0 saturated heterocycles. The summed E-state index contributed by atoms with van der Waals surface area (Å²) in [6.07, 6.45) is 1.46. The summed E-state index contributed by atoms with van der Waals surface area (Å²) in [4.78, 5) is 8.24. The number of benzene rings is 1. The predicted octanol–water partition coefficient (Wildman–Crippen LogP) is 1.70. The lowest BCUT2D eigenvalue weighted by atomic mass is 10.2. The highest BCUT2D eigenvalue weighted by Crippen LogP contribution is 2.28. The summed E-state index contributed by atoms with van der Waals surface area (Å²) < 4.78 is 10.5. The second kappa shape index (κ2) is 6.76. The van der Waals surface area contributed by atoms with Gasteiger partial charge >= 0.3 is 0 Å². The number of methoxy groups -OCH3 is 2. The van der Waals surface area contributed by atoms with E-state index in [9.17, 15) is 0 Å². The number of hydrazine groups is 1. The first-order valence-electron chi connectivity index (χ1n) is 6.42. The van der Waals surface area contributed by atoms with Crippen molar-refractivity contribution < 1.29 is 9.47 Å². The van der Waals surface area contributed by atoms with Crippen molar-refractivity contribution in [3.05, 3.63) is 35.7 Å². The number of hydrogen-bond donors (Lipinski definition) is 3. The quantitative estimate of drug-likeness (QED) is 0.550. The predicted molar refractivity (Wildman–Crippen MR) is 81.5 cm³/mol. The van der Waals surface area contributed by atoms with E-state index in [2.05, 4.69) is 20.7 Å². The molecule has 2 aromatic rings. The summed E-state index contributed by atoms with van der Waals surface area (Å²) in [5.74, 6) is 8.12. The van der Waals surface area contributed by atoms with Crippen molar-refractivity contribution in [3.8, 4) is 11.5 Å². The van der Waals surface area contributed by atoms with E-state index in [4.69, 9.17) is 15.3 Å². The van der Waals surface area contributed by atoms with Gasteiger partial charge in [0, 0.05) is 12.1 Å². The minimum atomic E-state index is 0.597. The van der Waals surface area contributed by atoms with Crippen LogP contribution in [-0.2, 0) is 6.54 Å². The fraction of sp³-hybridized carbons (Fsp3) is 0.286. The minimum Gasteiger partial charge on any atom is -0.493 e. The van der Waals surface area contributed by atoms with Crippen LogP contribution in [0.5, 0.6) is 11.5 Å². The van der Waals surface area contributed by atoms with E-state index in [1.807, 2.05) is 25.1 Å². The Kier molecular flexibility index (Phi) is 4.78. The van der Waals surface area contributed by atoms with E-state index in [0.29, 0.717) is 23.9 Å². The number of nitrogens with zero attached hydrogens (tertiary/aromatic N) is 2. The van der Waals surface area contributed by atoms with Crippen molar-refractivity contribution in [2.75, 3.05) is 25.0 Å². The number of hydrogen-bond acceptors (Lipinski definition) is 7. The minimum absolute atomic E-state index is 0.597. The molecule has 7 heteroatoms. The Morgan fingerprint density at radius 1 is 1.10 bits per heavy atom. The Morgan fingerprint density at radius 2 is 1.81 bits per heavy atom. The smallest absolute Gasteiger partial charge is 0.161 e. The van der Waals surface area contributed by atoms with Gasteiger partial charge in [-0.15, -0.1) is 0 Å². The molecule has 4 N–H and O–H groups in total. The number of nitrogens with two attached hydrogens (primary N) is 1. The van der Waals surface area contributed by atoms with E-state index >= 15 is 0 Å². The molecule has 0 saturated carbocycles. The third-order valence-electron chi connectivity index (χ3n) is 3.13. The third-order valence-corrected chi connectivity index (χ3v) is 3.13. The lowest BCUT2D eigenvalue weighted by molar-refractivity contribution is 0.354. The summed E-state index contributed by atoms with van der Waals surface area (Å²) in [5.41, 5.74) is 4.45. The van der Waals surface area contributed by atoms with Crippen LogP contribution in [0.25, 0.3) is 0 Å². The second-order valence-electron chi connectivity index (χ2n) is 4.38. The van der Waals surface area contributed by atoms with Crippen LogP contribution in [0.2, 0.25) is 0 Å². The normalized spacial score (nSPS) is 10.1. The van der Waals surface area contributed by atoms with E-state index in [-0.39, 0.29) is 0 Å². The summed E-state index contributed by atoms with van der Waals surface area (Å²) in [7, 11) is 3.23. The molecular weight excluding hydrogens is 270 g/mol. The van der Waals surface area contributed by atoms with Gasteiger partial charge in [-0.05, 0) is 24.6 Å². The van der Waals surface area contributed by atoms with Crippen molar-refractivity contribution in [2.24, 2.45) is 5.84 Å². The molecule has 0 aliphatic heterocycles. The SMILES string of the molecule is COc1ccc(CNc2ncnc(NN)c2C)cc1OC. The van der Waals surface area contributed by atoms with Crippen molar-refractivity contribution in [1.82, 2.24) is 9.97 Å². The summed E-state index contributed by atoms with van der Waals surface area (Å²) in [6.45, 7) is 2.49. The first-order valence-corrected chi connectivity index (χ1v) is 6.42. The van der Waals surface area contributed by atoms with Gasteiger partial charge in [0.05, 0.1) is 14.2 Å². The zero-order chi connectivity index (χ0) is 15.2. The lowest BCUT2D eigenvalue weighted by Gasteiger charge is -2.12. The molecule has 0 spiro atoms. The molecule has 112 valence electrons. The van der Waals surface area contributed by atoms with E-state index in [0.717, 1.165) is 16.9 Å². The third kappa shape index (κ3) is 3.32. The Labute approximate surface area is 123 Å². The zero-order valence-corrected chi connectivity index (χ0v) is 12.3. The van der Waals surface area contributed by atoms with Gasteiger partial charge in [0.15, 0.2) is 11.5 Å². The molecule has 2 rings (SSSR count). The van der Waals surface area contributed by atoms with Crippen LogP contribution in [0.4, 0.5) is 11.6 Å². The number of rotatable bonds is 6. The van der Waals surface area contributed by atoms with E-state index in [1.54, 1.807) is 14.2 Å². The molecule has 0 bridgehead atoms. The van der Waals surface area contributed by atoms with Crippen LogP contribution in [-0.4, -0.2) is 24.2 Å². The molecule has 0 atom stereocenters. The van der Waals surface area contributed by atoms with Gasteiger partial charge in [-0.1, -0.05) is 6.07 Å². The number of aromatic nitrogens is 2. The van der Waals surface area contributed by atoms with Gasteiger partial charge in [0.2, 0.25) is 0 Å². The highest BCUT2D eigenvalue weighted by Gasteiger charge is 2.07. The molecular formula is C14H19N5O2. The van der Waals surface area contributed by atoms with Crippen LogP contribution in [0, 0.1) is 6.92 Å². The maximum Gasteiger partial charge on any atom is 0.161 e. The Hall–Kier alpha value is -2.54. The van der Waals surface area contributed by atoms with Crippen molar-refractivity contribution in [3.63, 3.8) is 0 Å². The van der Waals surface area contributed by atoms with E-state index in [1.165, 1.54) is 6.33 Å². The highest BCUT2D eigenvalue weighted by molar-refractivity contribution is 5.56. The van der Waals surface area contributed by atoms with Crippen LogP contribution in [0.15, 0.2) is 24.5 Å². The maximum atomic E-state index is 5.40. The van der Waals surface area contributed by atoms with Crippen molar-refractivity contribution >= 4 is 11.6 Å². The van der Waals surface area contributed by atoms with Crippen LogP contribution in [0.3, 0.4) is 0 Å². The zero-order valence-electron chi connectivity index (χ0n) is 12.3. The average molecular weight is 289 g/mol. The first kappa shape index (κ1) is 14.9. The number of ether oxygens (including phenoxy) is 2. The fourth-order valence-electron chi connectivity index (χ4n) is 1.95. The summed E-state index contributed by atoms with van der Waals surface area (Å²) >= 11 is 0. The summed E-state index contributed by atoms with van der Waals surface area (Å²) in [6, 6.07) is 5.76. The molecule has 0 aliphatic carbocycles. The molecule has 21 heavy (non-hydrogen) atoms. The highest BCUT2D eigenvalue weighted by atomic mass is 16.5. The van der Waals surface area contributed by atoms with Gasteiger partial charge < -0.3 is 20.2 Å². The van der Waals surface area contributed by atoms with Gasteiger partial charge in [-0.2, -0.15) is 0 Å². The Morgan fingerprint density at radius 3 is 2.48 bits per heavy atom. The Bertz CT molecular complexity index is 618. The number of nitrogen functional groups attached to an aromatic ring is 1. The Balaban J connectivity index is 2.13. The topological polar surface area (TPSA) is 94.3 Å². The van der Waals surface area contributed by atoms with Gasteiger partial charge in [0.1, 0.15) is 18.0 Å². The van der Waals surface area contributed by atoms with Gasteiger partial charge in [-0.3, -0.25) is 0 Å². The molecule has 0 radical (unpaired) electrons. The molecule has 0 aliphatic rings. The van der Waals surface area contributed by atoms with Crippen molar-refractivity contribution in [1.29, 1.82) is 0 Å². The second-order valence-corrected chi connectivity index (χ2v) is 4.38. The summed E-state index contributed by atoms with van der Waals surface area (Å²) in [5, 5.41) is 3.25. The molecule has 1 heterocycles. The maximum absolute atomic E-state index is 5.40. The molecule has 1 aromatic heterocycles. The largest absolute Gasteiger partial charge is 0.493 e. The van der Waals surface area contributed by atoms with Crippen LogP contribution >= 0.6 is 0 Å². The standard InChI is InChI=1S/C14H19N5O2/c1-9-13(17-8-18-14(9)19-15)16-7-10-4-5-11(20-2)12(6-10)21-3/h4-6,8H,7,15H2,1-3H3,(H2,16,17,18,19). The van der Waals surface area contributed by atoms with Crippen LogP contribution in [0.1, 0.15) is 11.1 Å². The molecule has 0 amide bonds. The van der Waals surface area contributed by atoms with Crippen LogP contribution < -0.4 is 26.1 Å².